The molecule has 1 atom stereocenters. The summed E-state index contributed by atoms with van der Waals surface area (Å²) < 4.78 is 5.66. The molecule has 0 aromatic carbocycles. The van der Waals surface area contributed by atoms with Gasteiger partial charge in [-0.3, -0.25) is 9.78 Å². The fraction of sp³-hybridized carbons (Fsp3) is 0.562. The molecule has 1 aromatic rings. The molecule has 5 nitrogen and oxygen atoms in total. The summed E-state index contributed by atoms with van der Waals surface area (Å²) in [5, 5.41) is 2.83. The summed E-state index contributed by atoms with van der Waals surface area (Å²) >= 11 is 3.23. The molecule has 0 saturated heterocycles. The number of rotatable bonds is 8. The van der Waals surface area contributed by atoms with Crippen molar-refractivity contribution in [2.24, 2.45) is 5.92 Å². The molecule has 6 heteroatoms. The van der Waals surface area contributed by atoms with E-state index in [9.17, 15) is 9.59 Å². The standard InChI is InChI=1S/C16H23BrN2O3/c1-11(2)5-4-6-12(3)19-15(20)10-22-16(21)13-7-14(17)9-18-8-13/h7-9,11-12H,4-6,10H2,1-3H3,(H,19,20). The lowest BCUT2D eigenvalue weighted by molar-refractivity contribution is -0.124. The summed E-state index contributed by atoms with van der Waals surface area (Å²) in [5.41, 5.74) is 0.312. The van der Waals surface area contributed by atoms with E-state index in [2.05, 4.69) is 40.1 Å². The van der Waals surface area contributed by atoms with Crippen LogP contribution in [0.4, 0.5) is 0 Å². The first-order chi connectivity index (χ1) is 10.4. The molecule has 22 heavy (non-hydrogen) atoms. The summed E-state index contributed by atoms with van der Waals surface area (Å²) in [4.78, 5) is 27.4. The number of hydrogen-bond acceptors (Lipinski definition) is 4. The van der Waals surface area contributed by atoms with Crippen molar-refractivity contribution in [2.75, 3.05) is 6.61 Å². The van der Waals surface area contributed by atoms with E-state index in [0.29, 0.717) is 16.0 Å². The monoisotopic (exact) mass is 370 g/mol. The molecule has 0 aliphatic heterocycles. The lowest BCUT2D eigenvalue weighted by Crippen LogP contribution is -2.35. The molecule has 0 radical (unpaired) electrons. The Balaban J connectivity index is 2.29. The normalized spacial score (nSPS) is 12.0. The van der Waals surface area contributed by atoms with Gasteiger partial charge in [0.1, 0.15) is 0 Å². The van der Waals surface area contributed by atoms with Crippen LogP contribution in [0.5, 0.6) is 0 Å². The van der Waals surface area contributed by atoms with Crippen molar-refractivity contribution < 1.29 is 14.3 Å². The van der Waals surface area contributed by atoms with E-state index < -0.39 is 5.97 Å². The van der Waals surface area contributed by atoms with Gasteiger partial charge >= 0.3 is 5.97 Å². The van der Waals surface area contributed by atoms with Gasteiger partial charge in [0.15, 0.2) is 6.61 Å². The second-order valence-corrected chi connectivity index (χ2v) is 6.68. The number of aromatic nitrogens is 1. The fourth-order valence-corrected chi connectivity index (χ4v) is 2.32. The summed E-state index contributed by atoms with van der Waals surface area (Å²) in [6, 6.07) is 1.68. The molecule has 0 bridgehead atoms. The predicted molar refractivity (Wildman–Crippen MR) is 88.5 cm³/mol. The van der Waals surface area contributed by atoms with Crippen molar-refractivity contribution in [3.63, 3.8) is 0 Å². The maximum Gasteiger partial charge on any atom is 0.340 e. The molecule has 122 valence electrons. The largest absolute Gasteiger partial charge is 0.452 e. The lowest BCUT2D eigenvalue weighted by atomic mass is 10.0. The van der Waals surface area contributed by atoms with Crippen LogP contribution in [0.25, 0.3) is 0 Å². The Morgan fingerprint density at radius 3 is 2.64 bits per heavy atom. The van der Waals surface area contributed by atoms with Gasteiger partial charge in [0.05, 0.1) is 5.56 Å². The number of amides is 1. The van der Waals surface area contributed by atoms with Crippen LogP contribution in [0.2, 0.25) is 0 Å². The van der Waals surface area contributed by atoms with Crippen LogP contribution in [0.3, 0.4) is 0 Å². The van der Waals surface area contributed by atoms with E-state index in [0.717, 1.165) is 19.3 Å². The van der Waals surface area contributed by atoms with Gasteiger partial charge in [0.25, 0.3) is 5.91 Å². The van der Waals surface area contributed by atoms with Gasteiger partial charge in [-0.15, -0.1) is 0 Å². The quantitative estimate of drug-likeness (QED) is 0.712. The number of esters is 1. The van der Waals surface area contributed by atoms with Gasteiger partial charge in [0, 0.05) is 22.9 Å². The molecule has 0 fully saturated rings. The summed E-state index contributed by atoms with van der Waals surface area (Å²) in [6.45, 7) is 6.04. The van der Waals surface area contributed by atoms with Crippen LogP contribution in [0.1, 0.15) is 50.4 Å². The zero-order valence-corrected chi connectivity index (χ0v) is 14.9. The van der Waals surface area contributed by atoms with E-state index in [4.69, 9.17) is 4.74 Å². The minimum absolute atomic E-state index is 0.0810. The number of pyridine rings is 1. The molecule has 0 spiro atoms. The van der Waals surface area contributed by atoms with Gasteiger partial charge in [-0.1, -0.05) is 26.7 Å². The Labute approximate surface area is 140 Å². The average Bonchev–Trinajstić information content (AvgIpc) is 2.44. The van der Waals surface area contributed by atoms with Crippen molar-refractivity contribution >= 4 is 27.8 Å². The van der Waals surface area contributed by atoms with Crippen LogP contribution in [-0.4, -0.2) is 29.5 Å². The third kappa shape index (κ3) is 7.54. The Morgan fingerprint density at radius 1 is 1.27 bits per heavy atom. The highest BCUT2D eigenvalue weighted by Crippen LogP contribution is 2.10. The van der Waals surface area contributed by atoms with Gasteiger partial charge in [-0.2, -0.15) is 0 Å². The molecule has 1 unspecified atom stereocenters. The van der Waals surface area contributed by atoms with Crippen molar-refractivity contribution in [2.45, 2.75) is 46.1 Å². The first-order valence-corrected chi connectivity index (χ1v) is 8.24. The van der Waals surface area contributed by atoms with Gasteiger partial charge < -0.3 is 10.1 Å². The molecule has 0 aliphatic rings. The van der Waals surface area contributed by atoms with Crippen molar-refractivity contribution in [3.05, 3.63) is 28.5 Å². The van der Waals surface area contributed by atoms with Crippen LogP contribution >= 0.6 is 15.9 Å². The molecule has 1 heterocycles. The highest BCUT2D eigenvalue weighted by Gasteiger charge is 2.12. The second kappa shape index (κ2) is 9.56. The molecule has 1 amide bonds. The molecule has 1 rings (SSSR count). The zero-order valence-electron chi connectivity index (χ0n) is 13.3. The lowest BCUT2D eigenvalue weighted by Gasteiger charge is -2.14. The fourth-order valence-electron chi connectivity index (χ4n) is 1.96. The minimum Gasteiger partial charge on any atom is -0.452 e. The number of nitrogens with one attached hydrogen (secondary N) is 1. The smallest absolute Gasteiger partial charge is 0.340 e. The van der Waals surface area contributed by atoms with Gasteiger partial charge in [0.2, 0.25) is 0 Å². The van der Waals surface area contributed by atoms with E-state index in [-0.39, 0.29) is 18.6 Å². The summed E-state index contributed by atoms with van der Waals surface area (Å²) in [7, 11) is 0. The topological polar surface area (TPSA) is 68.3 Å². The molecular formula is C16H23BrN2O3. The number of halogens is 1. The molecule has 0 saturated carbocycles. The van der Waals surface area contributed by atoms with Gasteiger partial charge in [-0.05, 0) is 41.3 Å². The third-order valence-electron chi connectivity index (χ3n) is 3.10. The maximum atomic E-state index is 11.8. The summed E-state index contributed by atoms with van der Waals surface area (Å²) in [6.07, 6.45) is 6.11. The van der Waals surface area contributed by atoms with E-state index >= 15 is 0 Å². The third-order valence-corrected chi connectivity index (χ3v) is 3.53. The number of ether oxygens (including phenoxy) is 1. The van der Waals surface area contributed by atoms with Crippen LogP contribution in [0.15, 0.2) is 22.9 Å². The predicted octanol–water partition coefficient (Wildman–Crippen LogP) is 3.33. The van der Waals surface area contributed by atoms with Crippen molar-refractivity contribution in [1.82, 2.24) is 10.3 Å². The number of carbonyl (C=O) groups excluding carboxylic acids is 2. The van der Waals surface area contributed by atoms with Crippen molar-refractivity contribution in [3.8, 4) is 0 Å². The molecular weight excluding hydrogens is 348 g/mol. The SMILES string of the molecule is CC(C)CCCC(C)NC(=O)COC(=O)c1cncc(Br)c1. The Bertz CT molecular complexity index is 506. The highest BCUT2D eigenvalue weighted by molar-refractivity contribution is 9.10. The number of nitrogens with zero attached hydrogens (tertiary/aromatic N) is 1. The summed E-state index contributed by atoms with van der Waals surface area (Å²) in [5.74, 6) is -0.174. The number of hydrogen-bond donors (Lipinski definition) is 1. The molecule has 0 aliphatic carbocycles. The number of carbonyl (C=O) groups is 2. The van der Waals surface area contributed by atoms with E-state index in [1.807, 2.05) is 6.92 Å². The minimum atomic E-state index is -0.559. The molecule has 1 aromatic heterocycles. The van der Waals surface area contributed by atoms with Crippen LogP contribution < -0.4 is 5.32 Å². The Kier molecular flexibility index (Phi) is 8.09. The average molecular weight is 371 g/mol. The first-order valence-electron chi connectivity index (χ1n) is 7.45. The van der Waals surface area contributed by atoms with E-state index in [1.165, 1.54) is 6.20 Å². The van der Waals surface area contributed by atoms with Crippen molar-refractivity contribution in [1.29, 1.82) is 0 Å². The maximum absolute atomic E-state index is 11.8. The van der Waals surface area contributed by atoms with E-state index in [1.54, 1.807) is 12.3 Å². The molecule has 1 N–H and O–H groups in total. The Morgan fingerprint density at radius 2 is 2.00 bits per heavy atom. The van der Waals surface area contributed by atoms with Crippen LogP contribution in [0, 0.1) is 5.92 Å². The van der Waals surface area contributed by atoms with Gasteiger partial charge in [-0.25, -0.2) is 4.79 Å². The second-order valence-electron chi connectivity index (χ2n) is 5.76. The first kappa shape index (κ1) is 18.6. The van der Waals surface area contributed by atoms with Crippen LogP contribution in [-0.2, 0) is 9.53 Å². The zero-order chi connectivity index (χ0) is 16.5. The highest BCUT2D eigenvalue weighted by atomic mass is 79.9. The Hall–Kier alpha value is -1.43.